The van der Waals surface area contributed by atoms with Crippen LogP contribution >= 0.6 is 0 Å². The van der Waals surface area contributed by atoms with Gasteiger partial charge >= 0.3 is 5.97 Å². The van der Waals surface area contributed by atoms with Gasteiger partial charge in [-0.1, -0.05) is 71.0 Å². The number of ether oxygens (including phenoxy) is 1. The molecular weight excluding hydrogens is 418 g/mol. The van der Waals surface area contributed by atoms with Crippen molar-refractivity contribution in [2.24, 2.45) is 17.1 Å². The first-order valence-corrected chi connectivity index (χ1v) is 11.5. The minimum Gasteiger partial charge on any atom is -0.463 e. The van der Waals surface area contributed by atoms with Gasteiger partial charge in [-0.2, -0.15) is 0 Å². The van der Waals surface area contributed by atoms with Crippen molar-refractivity contribution in [2.75, 3.05) is 13.7 Å². The Bertz CT molecular complexity index is 828. The number of nitrogens with zero attached hydrogens (tertiary/aromatic N) is 1. The summed E-state index contributed by atoms with van der Waals surface area (Å²) >= 11 is 0. The molecule has 0 heterocycles. The average molecular weight is 460 g/mol. The van der Waals surface area contributed by atoms with E-state index in [0.717, 1.165) is 5.56 Å². The van der Waals surface area contributed by atoms with Gasteiger partial charge in [-0.3, -0.25) is 9.59 Å². The van der Waals surface area contributed by atoms with E-state index in [1.807, 2.05) is 65.0 Å². The van der Waals surface area contributed by atoms with E-state index in [2.05, 4.69) is 5.32 Å². The molecule has 0 aliphatic heterocycles. The number of benzene rings is 1. The Labute approximate surface area is 198 Å². The van der Waals surface area contributed by atoms with Gasteiger partial charge in [0.2, 0.25) is 11.8 Å². The molecule has 0 aliphatic rings. The Hall–Kier alpha value is -2.67. The van der Waals surface area contributed by atoms with E-state index in [1.165, 1.54) is 0 Å². The van der Waals surface area contributed by atoms with Crippen LogP contribution in [-0.4, -0.2) is 54.5 Å². The van der Waals surface area contributed by atoms with Crippen molar-refractivity contribution < 1.29 is 19.1 Å². The van der Waals surface area contributed by atoms with Gasteiger partial charge < -0.3 is 20.7 Å². The van der Waals surface area contributed by atoms with Crippen molar-refractivity contribution >= 4 is 17.8 Å². The van der Waals surface area contributed by atoms with Crippen molar-refractivity contribution in [2.45, 2.75) is 73.0 Å². The van der Waals surface area contributed by atoms with Crippen LogP contribution in [0.2, 0.25) is 0 Å². The Morgan fingerprint density at radius 1 is 1.15 bits per heavy atom. The molecule has 2 amide bonds. The van der Waals surface area contributed by atoms with Gasteiger partial charge in [-0.15, -0.1) is 0 Å². The predicted octanol–water partition coefficient (Wildman–Crippen LogP) is 3.08. The summed E-state index contributed by atoms with van der Waals surface area (Å²) in [4.78, 5) is 40.1. The van der Waals surface area contributed by atoms with E-state index in [1.54, 1.807) is 31.9 Å². The lowest BCUT2D eigenvalue weighted by Crippen LogP contribution is -2.58. The number of nitrogens with one attached hydrogen (secondary N) is 1. The predicted molar refractivity (Wildman–Crippen MR) is 131 cm³/mol. The van der Waals surface area contributed by atoms with Crippen LogP contribution in [0, 0.1) is 11.3 Å². The second kappa shape index (κ2) is 12.5. The first-order valence-electron chi connectivity index (χ1n) is 11.5. The fourth-order valence-electron chi connectivity index (χ4n) is 3.53. The molecule has 0 unspecified atom stereocenters. The highest BCUT2D eigenvalue weighted by Crippen LogP contribution is 2.24. The van der Waals surface area contributed by atoms with Crippen LogP contribution in [-0.2, 0) is 25.5 Å². The third-order valence-electron chi connectivity index (χ3n) is 5.53. The number of hydrogen-bond donors (Lipinski definition) is 2. The first-order chi connectivity index (χ1) is 15.3. The maximum Gasteiger partial charge on any atom is 0.333 e. The quantitative estimate of drug-likeness (QED) is 0.414. The fourth-order valence-corrected chi connectivity index (χ4v) is 3.53. The van der Waals surface area contributed by atoms with Crippen molar-refractivity contribution in [1.29, 1.82) is 0 Å². The van der Waals surface area contributed by atoms with Crippen LogP contribution in [0.3, 0.4) is 0 Å². The van der Waals surface area contributed by atoms with Gasteiger partial charge in [0.15, 0.2) is 0 Å². The lowest BCUT2D eigenvalue weighted by molar-refractivity contribution is -0.141. The highest BCUT2D eigenvalue weighted by molar-refractivity contribution is 5.91. The summed E-state index contributed by atoms with van der Waals surface area (Å²) in [6, 6.07) is 7.63. The molecule has 1 aromatic rings. The molecule has 184 valence electrons. The van der Waals surface area contributed by atoms with E-state index in [0.29, 0.717) is 12.0 Å². The second-order valence-corrected chi connectivity index (χ2v) is 9.86. The smallest absolute Gasteiger partial charge is 0.333 e. The van der Waals surface area contributed by atoms with Gasteiger partial charge in [0, 0.05) is 12.6 Å². The molecule has 0 radical (unpaired) electrons. The molecule has 3 atom stereocenters. The van der Waals surface area contributed by atoms with E-state index >= 15 is 0 Å². The van der Waals surface area contributed by atoms with E-state index < -0.39 is 23.5 Å². The molecular formula is C26H41N3O4. The summed E-state index contributed by atoms with van der Waals surface area (Å²) in [6.07, 6.45) is 2.13. The molecule has 7 heteroatoms. The van der Waals surface area contributed by atoms with Crippen LogP contribution in [0.5, 0.6) is 0 Å². The van der Waals surface area contributed by atoms with Gasteiger partial charge in [0.05, 0.1) is 18.7 Å². The number of carbonyl (C=O) groups is 3. The van der Waals surface area contributed by atoms with Gasteiger partial charge in [0.25, 0.3) is 0 Å². The molecule has 1 rings (SSSR count). The van der Waals surface area contributed by atoms with Crippen molar-refractivity contribution in [3.8, 4) is 0 Å². The number of rotatable bonds is 10. The molecule has 0 saturated heterocycles. The van der Waals surface area contributed by atoms with Gasteiger partial charge in [-0.05, 0) is 37.2 Å². The number of amides is 2. The molecule has 0 spiro atoms. The van der Waals surface area contributed by atoms with Gasteiger partial charge in [-0.25, -0.2) is 4.79 Å². The van der Waals surface area contributed by atoms with Crippen molar-refractivity contribution in [1.82, 2.24) is 10.2 Å². The molecule has 0 fully saturated rings. The third-order valence-corrected chi connectivity index (χ3v) is 5.53. The van der Waals surface area contributed by atoms with Crippen LogP contribution in [0.1, 0.15) is 54.0 Å². The molecule has 0 aromatic heterocycles. The Morgan fingerprint density at radius 2 is 1.73 bits per heavy atom. The topological polar surface area (TPSA) is 102 Å². The molecule has 33 heavy (non-hydrogen) atoms. The molecule has 3 N–H and O–H groups in total. The monoisotopic (exact) mass is 459 g/mol. The zero-order chi connectivity index (χ0) is 25.3. The van der Waals surface area contributed by atoms with Crippen molar-refractivity contribution in [3.63, 3.8) is 0 Å². The number of esters is 1. The molecule has 0 aliphatic carbocycles. The summed E-state index contributed by atoms with van der Waals surface area (Å²) in [5.41, 5.74) is 7.00. The summed E-state index contributed by atoms with van der Waals surface area (Å²) in [7, 11) is 1.69. The second-order valence-electron chi connectivity index (χ2n) is 9.86. The Balaban J connectivity index is 3.07. The number of hydrogen-bond acceptors (Lipinski definition) is 5. The van der Waals surface area contributed by atoms with Crippen LogP contribution < -0.4 is 11.1 Å². The van der Waals surface area contributed by atoms with Crippen LogP contribution in [0.15, 0.2) is 42.0 Å². The summed E-state index contributed by atoms with van der Waals surface area (Å²) in [5.74, 6) is -0.981. The maximum absolute atomic E-state index is 13.6. The Kier molecular flexibility index (Phi) is 10.8. The number of likely N-dealkylation sites (N-methyl/N-ethyl adjacent to an activating group) is 1. The summed E-state index contributed by atoms with van der Waals surface area (Å²) < 4.78 is 5.07. The highest BCUT2D eigenvalue weighted by Gasteiger charge is 2.37. The van der Waals surface area contributed by atoms with E-state index in [9.17, 15) is 14.4 Å². The van der Waals surface area contributed by atoms with E-state index in [4.69, 9.17) is 10.5 Å². The largest absolute Gasteiger partial charge is 0.463 e. The molecule has 0 bridgehead atoms. The summed E-state index contributed by atoms with van der Waals surface area (Å²) in [6.45, 7) is 13.4. The van der Waals surface area contributed by atoms with Crippen LogP contribution in [0.4, 0.5) is 0 Å². The number of nitrogens with two attached hydrogens (primary N) is 1. The molecule has 1 aromatic carbocycles. The minimum atomic E-state index is -0.783. The SMILES string of the molecule is CCOC(=O)/C(C)=C/[C@H](C(C)C)N(C)C(=O)[C@@H](NC(=O)[C@@H](N)Cc1ccccc1)C(C)(C)C. The summed E-state index contributed by atoms with van der Waals surface area (Å²) in [5, 5.41) is 2.88. The minimum absolute atomic E-state index is 0.0417. The lowest BCUT2D eigenvalue weighted by atomic mass is 9.84. The van der Waals surface area contributed by atoms with E-state index in [-0.39, 0.29) is 30.4 Å². The Morgan fingerprint density at radius 3 is 2.21 bits per heavy atom. The lowest BCUT2D eigenvalue weighted by Gasteiger charge is -2.37. The van der Waals surface area contributed by atoms with Gasteiger partial charge in [0.1, 0.15) is 6.04 Å². The third kappa shape index (κ3) is 8.65. The zero-order valence-electron chi connectivity index (χ0n) is 21.3. The normalized spacial score (nSPS) is 14.9. The highest BCUT2D eigenvalue weighted by atomic mass is 16.5. The average Bonchev–Trinajstić information content (AvgIpc) is 2.74. The van der Waals surface area contributed by atoms with Crippen molar-refractivity contribution in [3.05, 3.63) is 47.5 Å². The standard InChI is InChI=1S/C26H41N3O4/c1-9-33-25(32)18(4)15-21(17(2)3)29(8)24(31)22(26(5,6)7)28-23(30)20(27)16-19-13-11-10-12-14-19/h10-15,17,20-22H,9,16,27H2,1-8H3,(H,28,30)/b18-15+/t20-,21+,22+/m0/s1. The number of carbonyl (C=O) groups excluding carboxylic acids is 3. The molecule has 0 saturated carbocycles. The zero-order valence-corrected chi connectivity index (χ0v) is 21.3. The van der Waals surface area contributed by atoms with Crippen LogP contribution in [0.25, 0.3) is 0 Å². The first kappa shape index (κ1) is 28.4. The fraction of sp³-hybridized carbons (Fsp3) is 0.577. The maximum atomic E-state index is 13.6. The molecule has 7 nitrogen and oxygen atoms in total.